The molecule has 0 aliphatic heterocycles. The highest BCUT2D eigenvalue weighted by Crippen LogP contribution is 2.18. The van der Waals surface area contributed by atoms with E-state index in [-0.39, 0.29) is 5.91 Å². The Morgan fingerprint density at radius 1 is 1.12 bits per heavy atom. The second kappa shape index (κ2) is 9.61. The number of hydrogen-bond acceptors (Lipinski definition) is 3. The third-order valence-corrected chi connectivity index (χ3v) is 4.12. The first kappa shape index (κ1) is 19.5. The highest BCUT2D eigenvalue weighted by Gasteiger charge is 2.13. The normalized spacial score (nSPS) is 11.6. The van der Waals surface area contributed by atoms with Gasteiger partial charge in [-0.1, -0.05) is 24.3 Å². The maximum Gasteiger partial charge on any atom is 0.310 e. The summed E-state index contributed by atoms with van der Waals surface area (Å²) >= 11 is 0. The molecule has 26 heavy (non-hydrogen) atoms. The minimum absolute atomic E-state index is 0.0559. The number of unbranched alkanes of at least 4 members (excludes halogenated alkanes) is 1. The number of carboxylic acids is 1. The van der Waals surface area contributed by atoms with E-state index in [4.69, 9.17) is 9.84 Å². The highest BCUT2D eigenvalue weighted by molar-refractivity contribution is 5.90. The number of aliphatic carboxylic acids is 1. The van der Waals surface area contributed by atoms with Crippen molar-refractivity contribution in [2.75, 3.05) is 11.9 Å². The average Bonchev–Trinajstić information content (AvgIpc) is 2.61. The van der Waals surface area contributed by atoms with E-state index < -0.39 is 11.9 Å². The molecule has 0 bridgehead atoms. The molecule has 0 aliphatic carbocycles. The summed E-state index contributed by atoms with van der Waals surface area (Å²) in [7, 11) is 0. The largest absolute Gasteiger partial charge is 0.494 e. The van der Waals surface area contributed by atoms with Gasteiger partial charge in [0.05, 0.1) is 12.5 Å². The number of amides is 1. The van der Waals surface area contributed by atoms with Crippen molar-refractivity contribution in [2.24, 2.45) is 0 Å². The molecule has 1 amide bonds. The standard InChI is InChI=1S/C21H25NO4/c1-15-6-5-7-19(14-15)26-13-4-3-8-20(23)22-18-11-9-17(10-12-18)16(2)21(24)25/h5-7,9-12,14,16H,3-4,8,13H2,1-2H3,(H,22,23)(H,24,25). The first-order chi connectivity index (χ1) is 12.5. The molecule has 2 aromatic carbocycles. The Balaban J connectivity index is 1.68. The molecule has 0 aromatic heterocycles. The van der Waals surface area contributed by atoms with Crippen molar-refractivity contribution in [3.8, 4) is 5.75 Å². The number of rotatable bonds is 9. The first-order valence-electron chi connectivity index (χ1n) is 8.78. The minimum atomic E-state index is -0.866. The fourth-order valence-electron chi connectivity index (χ4n) is 2.50. The van der Waals surface area contributed by atoms with Gasteiger partial charge in [0.2, 0.25) is 5.91 Å². The molecular weight excluding hydrogens is 330 g/mol. The summed E-state index contributed by atoms with van der Waals surface area (Å²) in [5, 5.41) is 11.8. The number of aryl methyl sites for hydroxylation is 1. The van der Waals surface area contributed by atoms with Crippen LogP contribution >= 0.6 is 0 Å². The van der Waals surface area contributed by atoms with Crippen LogP contribution in [0.5, 0.6) is 5.75 Å². The number of carboxylic acid groups (broad SMARTS) is 1. The Bertz CT molecular complexity index is 740. The predicted octanol–water partition coefficient (Wildman–Crippen LogP) is 4.37. The third kappa shape index (κ3) is 6.24. The van der Waals surface area contributed by atoms with Crippen molar-refractivity contribution < 1.29 is 19.4 Å². The number of carbonyl (C=O) groups excluding carboxylic acids is 1. The van der Waals surface area contributed by atoms with Crippen molar-refractivity contribution in [3.63, 3.8) is 0 Å². The number of anilines is 1. The van der Waals surface area contributed by atoms with Crippen molar-refractivity contribution in [1.29, 1.82) is 0 Å². The van der Waals surface area contributed by atoms with E-state index in [9.17, 15) is 9.59 Å². The van der Waals surface area contributed by atoms with E-state index in [1.807, 2.05) is 31.2 Å². The van der Waals surface area contributed by atoms with E-state index in [1.165, 1.54) is 0 Å². The SMILES string of the molecule is Cc1cccc(OCCCCC(=O)Nc2ccc(C(C)C(=O)O)cc2)c1. The summed E-state index contributed by atoms with van der Waals surface area (Å²) in [6.45, 7) is 4.24. The summed E-state index contributed by atoms with van der Waals surface area (Å²) in [6, 6.07) is 14.8. The van der Waals surface area contributed by atoms with Crippen LogP contribution in [-0.2, 0) is 9.59 Å². The maximum atomic E-state index is 12.0. The van der Waals surface area contributed by atoms with Gasteiger partial charge in [-0.3, -0.25) is 9.59 Å². The molecule has 2 rings (SSSR count). The Morgan fingerprint density at radius 2 is 1.85 bits per heavy atom. The van der Waals surface area contributed by atoms with Gasteiger partial charge in [0.25, 0.3) is 0 Å². The smallest absolute Gasteiger partial charge is 0.310 e. The summed E-state index contributed by atoms with van der Waals surface area (Å²) < 4.78 is 5.66. The fourth-order valence-corrected chi connectivity index (χ4v) is 2.50. The van der Waals surface area contributed by atoms with Gasteiger partial charge in [-0.05, 0) is 62.1 Å². The molecule has 0 radical (unpaired) electrons. The van der Waals surface area contributed by atoms with E-state index in [0.717, 1.165) is 24.2 Å². The van der Waals surface area contributed by atoms with Crippen LogP contribution in [0.4, 0.5) is 5.69 Å². The molecule has 2 aromatic rings. The number of carbonyl (C=O) groups is 2. The monoisotopic (exact) mass is 355 g/mol. The van der Waals surface area contributed by atoms with Gasteiger partial charge in [0, 0.05) is 12.1 Å². The van der Waals surface area contributed by atoms with Crippen LogP contribution in [0.2, 0.25) is 0 Å². The van der Waals surface area contributed by atoms with Gasteiger partial charge in [0.1, 0.15) is 5.75 Å². The summed E-state index contributed by atoms with van der Waals surface area (Å²) in [6.07, 6.45) is 1.96. The lowest BCUT2D eigenvalue weighted by Crippen LogP contribution is -2.12. The molecule has 0 aliphatic rings. The Hall–Kier alpha value is -2.82. The number of hydrogen-bond donors (Lipinski definition) is 2. The van der Waals surface area contributed by atoms with E-state index in [0.29, 0.717) is 24.3 Å². The van der Waals surface area contributed by atoms with E-state index in [2.05, 4.69) is 5.32 Å². The molecule has 2 N–H and O–H groups in total. The van der Waals surface area contributed by atoms with E-state index >= 15 is 0 Å². The second-order valence-corrected chi connectivity index (χ2v) is 6.35. The van der Waals surface area contributed by atoms with Gasteiger partial charge in [-0.15, -0.1) is 0 Å². The topological polar surface area (TPSA) is 75.6 Å². The Labute approximate surface area is 154 Å². The average molecular weight is 355 g/mol. The molecule has 0 fully saturated rings. The van der Waals surface area contributed by atoms with Gasteiger partial charge in [0.15, 0.2) is 0 Å². The molecule has 0 saturated heterocycles. The van der Waals surface area contributed by atoms with Crippen LogP contribution in [0.25, 0.3) is 0 Å². The zero-order valence-corrected chi connectivity index (χ0v) is 15.2. The minimum Gasteiger partial charge on any atom is -0.494 e. The van der Waals surface area contributed by atoms with Crippen LogP contribution in [0, 0.1) is 6.92 Å². The number of benzene rings is 2. The van der Waals surface area contributed by atoms with E-state index in [1.54, 1.807) is 31.2 Å². The lowest BCUT2D eigenvalue weighted by Gasteiger charge is -2.09. The zero-order chi connectivity index (χ0) is 18.9. The van der Waals surface area contributed by atoms with Crippen LogP contribution in [0.1, 0.15) is 43.2 Å². The molecule has 1 atom stereocenters. The number of ether oxygens (including phenoxy) is 1. The first-order valence-corrected chi connectivity index (χ1v) is 8.78. The van der Waals surface area contributed by atoms with Crippen molar-refractivity contribution in [2.45, 2.75) is 39.0 Å². The van der Waals surface area contributed by atoms with Gasteiger partial charge < -0.3 is 15.2 Å². The third-order valence-electron chi connectivity index (χ3n) is 4.12. The molecule has 0 saturated carbocycles. The molecule has 5 nitrogen and oxygen atoms in total. The quantitative estimate of drug-likeness (QED) is 0.655. The van der Waals surface area contributed by atoms with Crippen LogP contribution in [0.15, 0.2) is 48.5 Å². The highest BCUT2D eigenvalue weighted by atomic mass is 16.5. The van der Waals surface area contributed by atoms with Crippen molar-refractivity contribution in [3.05, 3.63) is 59.7 Å². The lowest BCUT2D eigenvalue weighted by molar-refractivity contribution is -0.138. The summed E-state index contributed by atoms with van der Waals surface area (Å²) in [4.78, 5) is 22.9. The van der Waals surface area contributed by atoms with Crippen LogP contribution in [-0.4, -0.2) is 23.6 Å². The number of nitrogens with one attached hydrogen (secondary N) is 1. The molecule has 138 valence electrons. The molecule has 0 heterocycles. The van der Waals surface area contributed by atoms with Crippen LogP contribution in [0.3, 0.4) is 0 Å². The van der Waals surface area contributed by atoms with Gasteiger partial charge in [-0.2, -0.15) is 0 Å². The molecule has 0 spiro atoms. The molecule has 1 unspecified atom stereocenters. The Kier molecular flexibility index (Phi) is 7.21. The van der Waals surface area contributed by atoms with Crippen molar-refractivity contribution in [1.82, 2.24) is 0 Å². The Morgan fingerprint density at radius 3 is 2.50 bits per heavy atom. The molecular formula is C21H25NO4. The van der Waals surface area contributed by atoms with Crippen LogP contribution < -0.4 is 10.1 Å². The van der Waals surface area contributed by atoms with Crippen molar-refractivity contribution >= 4 is 17.6 Å². The molecule has 5 heteroatoms. The van der Waals surface area contributed by atoms with Gasteiger partial charge >= 0.3 is 5.97 Å². The summed E-state index contributed by atoms with van der Waals surface area (Å²) in [5.41, 5.74) is 2.54. The maximum absolute atomic E-state index is 12.0. The second-order valence-electron chi connectivity index (χ2n) is 6.35. The van der Waals surface area contributed by atoms with Gasteiger partial charge in [-0.25, -0.2) is 0 Å². The zero-order valence-electron chi connectivity index (χ0n) is 15.2. The fraction of sp³-hybridized carbons (Fsp3) is 0.333. The lowest BCUT2D eigenvalue weighted by atomic mass is 10.0. The predicted molar refractivity (Wildman–Crippen MR) is 102 cm³/mol. The summed E-state index contributed by atoms with van der Waals surface area (Å²) in [5.74, 6) is -0.632.